The van der Waals surface area contributed by atoms with Gasteiger partial charge in [0.2, 0.25) is 0 Å². The van der Waals surface area contributed by atoms with Crippen LogP contribution in [0.15, 0.2) is 0 Å². The minimum atomic E-state index is -0.351. The molecule has 0 amide bonds. The Labute approximate surface area is 65.8 Å². The highest BCUT2D eigenvalue weighted by atomic mass is 19.1. The van der Waals surface area contributed by atoms with Crippen LogP contribution < -0.4 is 0 Å². The number of rotatable bonds is 3. The van der Waals surface area contributed by atoms with E-state index in [0.717, 1.165) is 6.54 Å². The zero-order valence-corrected chi connectivity index (χ0v) is 6.50. The Morgan fingerprint density at radius 3 is 3.09 bits per heavy atom. The standard InChI is InChI=1S/C7H14FNO2/c8-1-2-9-3-4-11-6-7(9)5-10/h7,10H,1-6H2. The average Bonchev–Trinajstić information content (AvgIpc) is 2.06. The number of halogens is 1. The van der Waals surface area contributed by atoms with Gasteiger partial charge >= 0.3 is 0 Å². The molecule has 1 N–H and O–H groups in total. The molecule has 1 fully saturated rings. The van der Waals surface area contributed by atoms with E-state index in [2.05, 4.69) is 0 Å². The Balaban J connectivity index is 2.31. The van der Waals surface area contributed by atoms with Crippen LogP contribution in [0.2, 0.25) is 0 Å². The molecule has 1 unspecified atom stereocenters. The fourth-order valence-electron chi connectivity index (χ4n) is 1.26. The summed E-state index contributed by atoms with van der Waals surface area (Å²) in [7, 11) is 0. The monoisotopic (exact) mass is 163 g/mol. The number of nitrogens with zero attached hydrogens (tertiary/aromatic N) is 1. The normalized spacial score (nSPS) is 27.3. The van der Waals surface area contributed by atoms with Gasteiger partial charge in [-0.15, -0.1) is 0 Å². The lowest BCUT2D eigenvalue weighted by atomic mass is 10.2. The molecule has 1 heterocycles. The van der Waals surface area contributed by atoms with E-state index in [9.17, 15) is 4.39 Å². The highest BCUT2D eigenvalue weighted by Gasteiger charge is 2.21. The van der Waals surface area contributed by atoms with Crippen molar-refractivity contribution in [2.24, 2.45) is 0 Å². The Kier molecular flexibility index (Phi) is 3.76. The fraction of sp³-hybridized carbons (Fsp3) is 1.00. The summed E-state index contributed by atoms with van der Waals surface area (Å²) < 4.78 is 17.0. The zero-order valence-electron chi connectivity index (χ0n) is 6.50. The van der Waals surface area contributed by atoms with Crippen molar-refractivity contribution in [3.05, 3.63) is 0 Å². The van der Waals surface area contributed by atoms with Crippen LogP contribution in [0.4, 0.5) is 4.39 Å². The van der Waals surface area contributed by atoms with Crippen molar-refractivity contribution in [1.29, 1.82) is 0 Å². The first kappa shape index (κ1) is 8.90. The Bertz CT molecular complexity index is 111. The number of alkyl halides is 1. The van der Waals surface area contributed by atoms with Gasteiger partial charge in [-0.3, -0.25) is 4.90 Å². The molecular weight excluding hydrogens is 149 g/mol. The van der Waals surface area contributed by atoms with Crippen LogP contribution in [-0.2, 0) is 4.74 Å². The Morgan fingerprint density at radius 2 is 2.45 bits per heavy atom. The second kappa shape index (κ2) is 4.64. The van der Waals surface area contributed by atoms with Crippen molar-refractivity contribution in [3.63, 3.8) is 0 Å². The lowest BCUT2D eigenvalue weighted by molar-refractivity contribution is -0.0290. The van der Waals surface area contributed by atoms with Crippen molar-refractivity contribution in [3.8, 4) is 0 Å². The first-order valence-corrected chi connectivity index (χ1v) is 3.87. The molecule has 66 valence electrons. The number of hydrogen-bond donors (Lipinski definition) is 1. The number of aliphatic hydroxyl groups excluding tert-OH is 1. The van der Waals surface area contributed by atoms with Crippen LogP contribution in [0.3, 0.4) is 0 Å². The van der Waals surface area contributed by atoms with Crippen LogP contribution >= 0.6 is 0 Å². The molecule has 0 radical (unpaired) electrons. The molecule has 0 aromatic carbocycles. The first-order valence-electron chi connectivity index (χ1n) is 3.87. The number of morpholine rings is 1. The van der Waals surface area contributed by atoms with E-state index in [1.54, 1.807) is 0 Å². The maximum Gasteiger partial charge on any atom is 0.102 e. The molecule has 4 heteroatoms. The molecule has 1 saturated heterocycles. The maximum atomic E-state index is 11.9. The van der Waals surface area contributed by atoms with E-state index in [1.165, 1.54) is 0 Å². The Hall–Kier alpha value is -0.190. The second-order valence-electron chi connectivity index (χ2n) is 2.64. The van der Waals surface area contributed by atoms with Gasteiger partial charge in [-0.1, -0.05) is 0 Å². The van der Waals surface area contributed by atoms with Crippen molar-refractivity contribution in [2.75, 3.05) is 39.6 Å². The van der Waals surface area contributed by atoms with E-state index in [-0.39, 0.29) is 19.3 Å². The summed E-state index contributed by atoms with van der Waals surface area (Å²) in [5, 5.41) is 8.84. The topological polar surface area (TPSA) is 32.7 Å². The fourth-order valence-corrected chi connectivity index (χ4v) is 1.26. The summed E-state index contributed by atoms with van der Waals surface area (Å²) in [5.41, 5.74) is 0. The SMILES string of the molecule is OCC1COCCN1CCF. The summed E-state index contributed by atoms with van der Waals surface area (Å²) >= 11 is 0. The van der Waals surface area contributed by atoms with Gasteiger partial charge in [0.25, 0.3) is 0 Å². The molecule has 0 aliphatic carbocycles. The molecule has 1 rings (SSSR count). The van der Waals surface area contributed by atoms with Gasteiger partial charge in [-0.25, -0.2) is 4.39 Å². The van der Waals surface area contributed by atoms with Gasteiger partial charge in [0.1, 0.15) is 6.67 Å². The van der Waals surface area contributed by atoms with Gasteiger partial charge < -0.3 is 9.84 Å². The minimum absolute atomic E-state index is 0.000463. The molecule has 1 aliphatic rings. The molecule has 0 spiro atoms. The highest BCUT2D eigenvalue weighted by molar-refractivity contribution is 4.73. The predicted octanol–water partition coefficient (Wildman–Crippen LogP) is -0.351. The molecule has 3 nitrogen and oxygen atoms in total. The van der Waals surface area contributed by atoms with Crippen LogP contribution in [0, 0.1) is 0 Å². The van der Waals surface area contributed by atoms with E-state index < -0.39 is 0 Å². The third kappa shape index (κ3) is 2.39. The number of hydrogen-bond acceptors (Lipinski definition) is 3. The Morgan fingerprint density at radius 1 is 1.64 bits per heavy atom. The van der Waals surface area contributed by atoms with Crippen molar-refractivity contribution < 1.29 is 14.2 Å². The first-order chi connectivity index (χ1) is 5.38. The highest BCUT2D eigenvalue weighted by Crippen LogP contribution is 2.05. The van der Waals surface area contributed by atoms with Crippen LogP contribution in [0.25, 0.3) is 0 Å². The summed E-state index contributed by atoms with van der Waals surface area (Å²) in [6, 6.07) is -0.000463. The largest absolute Gasteiger partial charge is 0.395 e. The van der Waals surface area contributed by atoms with Crippen LogP contribution in [0.1, 0.15) is 0 Å². The molecule has 0 saturated carbocycles. The van der Waals surface area contributed by atoms with Crippen molar-refractivity contribution >= 4 is 0 Å². The summed E-state index contributed by atoms with van der Waals surface area (Å²) in [5.74, 6) is 0. The number of aliphatic hydroxyl groups is 1. The van der Waals surface area contributed by atoms with Crippen LogP contribution in [0.5, 0.6) is 0 Å². The molecule has 1 aliphatic heterocycles. The van der Waals surface area contributed by atoms with Gasteiger partial charge in [0, 0.05) is 13.1 Å². The van der Waals surface area contributed by atoms with Crippen molar-refractivity contribution in [1.82, 2.24) is 4.90 Å². The van der Waals surface area contributed by atoms with Gasteiger partial charge in [0.05, 0.1) is 25.9 Å². The quantitative estimate of drug-likeness (QED) is 0.617. The van der Waals surface area contributed by atoms with Crippen LogP contribution in [-0.4, -0.2) is 55.6 Å². The summed E-state index contributed by atoms with van der Waals surface area (Å²) in [4.78, 5) is 1.92. The lowest BCUT2D eigenvalue weighted by Gasteiger charge is -2.33. The molecule has 0 aromatic heterocycles. The lowest BCUT2D eigenvalue weighted by Crippen LogP contribution is -2.48. The smallest absolute Gasteiger partial charge is 0.102 e. The minimum Gasteiger partial charge on any atom is -0.395 e. The maximum absolute atomic E-state index is 11.9. The summed E-state index contributed by atoms with van der Waals surface area (Å²) in [6.45, 7) is 2.02. The third-order valence-corrected chi connectivity index (χ3v) is 1.93. The van der Waals surface area contributed by atoms with E-state index >= 15 is 0 Å². The van der Waals surface area contributed by atoms with Gasteiger partial charge in [-0.2, -0.15) is 0 Å². The third-order valence-electron chi connectivity index (χ3n) is 1.93. The molecule has 1 atom stereocenters. The van der Waals surface area contributed by atoms with E-state index in [0.29, 0.717) is 19.8 Å². The second-order valence-corrected chi connectivity index (χ2v) is 2.64. The molecule has 0 aromatic rings. The van der Waals surface area contributed by atoms with Gasteiger partial charge in [-0.05, 0) is 0 Å². The predicted molar refractivity (Wildman–Crippen MR) is 39.2 cm³/mol. The zero-order chi connectivity index (χ0) is 8.10. The van der Waals surface area contributed by atoms with E-state index in [4.69, 9.17) is 9.84 Å². The van der Waals surface area contributed by atoms with Gasteiger partial charge in [0.15, 0.2) is 0 Å². The summed E-state index contributed by atoms with van der Waals surface area (Å²) in [6.07, 6.45) is 0. The van der Waals surface area contributed by atoms with E-state index in [1.807, 2.05) is 4.90 Å². The molecule has 11 heavy (non-hydrogen) atoms. The van der Waals surface area contributed by atoms with Crippen molar-refractivity contribution in [2.45, 2.75) is 6.04 Å². The average molecular weight is 163 g/mol. The number of ether oxygens (including phenoxy) is 1. The molecule has 0 bridgehead atoms. The molecular formula is C7H14FNO2.